The first-order chi connectivity index (χ1) is 12.9. The van der Waals surface area contributed by atoms with Crippen LogP contribution in [0.5, 0.6) is 11.5 Å². The molecule has 0 aliphatic heterocycles. The third-order valence-electron chi connectivity index (χ3n) is 3.61. The molecule has 0 heterocycles. The van der Waals surface area contributed by atoms with Gasteiger partial charge in [0.05, 0.1) is 18.5 Å². The summed E-state index contributed by atoms with van der Waals surface area (Å²) in [6.07, 6.45) is 1.07. The normalized spacial score (nSPS) is 11.9. The van der Waals surface area contributed by atoms with Gasteiger partial charge < -0.3 is 14.4 Å². The van der Waals surface area contributed by atoms with Crippen molar-refractivity contribution in [1.29, 1.82) is 0 Å². The van der Waals surface area contributed by atoms with Crippen molar-refractivity contribution in [2.24, 2.45) is 5.10 Å². The van der Waals surface area contributed by atoms with Gasteiger partial charge in [-0.05, 0) is 61.9 Å². The van der Waals surface area contributed by atoms with E-state index < -0.39 is 6.10 Å². The molecule has 0 aliphatic carbocycles. The number of anilines is 1. The van der Waals surface area contributed by atoms with Crippen LogP contribution in [0.3, 0.4) is 0 Å². The van der Waals surface area contributed by atoms with E-state index in [1.165, 1.54) is 4.90 Å². The SMILES string of the molecule is CCOc1cc(/C=N\Nc2ccc(Cl)cc2)ccc1O[C@@H](C)C(=O)N(C)C. The molecule has 0 aromatic heterocycles. The number of halogens is 1. The number of hydrazone groups is 1. The Morgan fingerprint density at radius 1 is 1.22 bits per heavy atom. The molecule has 144 valence electrons. The number of carbonyl (C=O) groups excluding carboxylic acids is 1. The van der Waals surface area contributed by atoms with E-state index in [0.717, 1.165) is 11.3 Å². The highest BCUT2D eigenvalue weighted by Gasteiger charge is 2.18. The number of amides is 1. The Balaban J connectivity index is 2.10. The fourth-order valence-electron chi connectivity index (χ4n) is 2.28. The van der Waals surface area contributed by atoms with Crippen molar-refractivity contribution < 1.29 is 14.3 Å². The molecule has 1 amide bonds. The average molecular weight is 390 g/mol. The lowest BCUT2D eigenvalue weighted by molar-refractivity contribution is -0.135. The Hall–Kier alpha value is -2.73. The second-order valence-corrected chi connectivity index (χ2v) is 6.45. The molecule has 0 spiro atoms. The number of nitrogens with zero attached hydrogens (tertiary/aromatic N) is 2. The van der Waals surface area contributed by atoms with E-state index in [9.17, 15) is 4.79 Å². The van der Waals surface area contributed by atoms with Gasteiger partial charge in [0.1, 0.15) is 0 Å². The Bertz CT molecular complexity index is 792. The maximum absolute atomic E-state index is 12.0. The Kier molecular flexibility index (Phi) is 7.49. The molecule has 2 rings (SSSR count). The summed E-state index contributed by atoms with van der Waals surface area (Å²) in [7, 11) is 3.39. The van der Waals surface area contributed by atoms with Crippen molar-refractivity contribution in [3.8, 4) is 11.5 Å². The van der Waals surface area contributed by atoms with E-state index in [1.807, 2.05) is 31.2 Å². The molecule has 0 saturated carbocycles. The minimum Gasteiger partial charge on any atom is -0.490 e. The van der Waals surface area contributed by atoms with Crippen LogP contribution in [0.4, 0.5) is 5.69 Å². The second-order valence-electron chi connectivity index (χ2n) is 6.01. The number of likely N-dealkylation sites (N-methyl/N-ethyl adjacent to an activating group) is 1. The van der Waals surface area contributed by atoms with Crippen LogP contribution in [-0.4, -0.2) is 43.8 Å². The zero-order valence-corrected chi connectivity index (χ0v) is 16.7. The highest BCUT2D eigenvalue weighted by Crippen LogP contribution is 2.29. The number of hydrogen-bond acceptors (Lipinski definition) is 5. The fourth-order valence-corrected chi connectivity index (χ4v) is 2.41. The van der Waals surface area contributed by atoms with Crippen molar-refractivity contribution in [3.05, 3.63) is 53.1 Å². The van der Waals surface area contributed by atoms with Crippen LogP contribution in [0.15, 0.2) is 47.6 Å². The number of ether oxygens (including phenoxy) is 2. The van der Waals surface area contributed by atoms with Crippen LogP contribution < -0.4 is 14.9 Å². The highest BCUT2D eigenvalue weighted by atomic mass is 35.5. The van der Waals surface area contributed by atoms with Gasteiger partial charge >= 0.3 is 0 Å². The van der Waals surface area contributed by atoms with E-state index in [2.05, 4.69) is 10.5 Å². The predicted octanol–water partition coefficient (Wildman–Crippen LogP) is 4.04. The number of benzene rings is 2. The van der Waals surface area contributed by atoms with E-state index in [0.29, 0.717) is 23.1 Å². The molecule has 0 saturated heterocycles. The monoisotopic (exact) mass is 389 g/mol. The zero-order valence-electron chi connectivity index (χ0n) is 15.9. The number of rotatable bonds is 8. The standard InChI is InChI=1S/C20H24ClN3O3/c1-5-26-19-12-15(13-22-23-17-9-7-16(21)8-10-17)6-11-18(19)27-14(2)20(25)24(3)4/h6-14,23H,5H2,1-4H3/b22-13-/t14-/m0/s1. The van der Waals surface area contributed by atoms with Gasteiger partial charge in [-0.3, -0.25) is 10.2 Å². The lowest BCUT2D eigenvalue weighted by Crippen LogP contribution is -2.35. The van der Waals surface area contributed by atoms with E-state index >= 15 is 0 Å². The van der Waals surface area contributed by atoms with Gasteiger partial charge in [-0.15, -0.1) is 0 Å². The van der Waals surface area contributed by atoms with E-state index in [1.54, 1.807) is 45.4 Å². The molecule has 2 aromatic carbocycles. The van der Waals surface area contributed by atoms with Gasteiger partial charge in [-0.1, -0.05) is 11.6 Å². The first-order valence-corrected chi connectivity index (χ1v) is 8.97. The molecule has 0 bridgehead atoms. The van der Waals surface area contributed by atoms with Crippen LogP contribution in [0, 0.1) is 0 Å². The summed E-state index contributed by atoms with van der Waals surface area (Å²) >= 11 is 5.86. The van der Waals surface area contributed by atoms with Crippen LogP contribution in [0.2, 0.25) is 5.02 Å². The van der Waals surface area contributed by atoms with Gasteiger partial charge in [0.15, 0.2) is 17.6 Å². The molecule has 0 aliphatic rings. The van der Waals surface area contributed by atoms with Crippen molar-refractivity contribution in [2.45, 2.75) is 20.0 Å². The quantitative estimate of drug-likeness (QED) is 0.546. The summed E-state index contributed by atoms with van der Waals surface area (Å²) < 4.78 is 11.4. The number of nitrogens with one attached hydrogen (secondary N) is 1. The van der Waals surface area contributed by atoms with Crippen molar-refractivity contribution in [1.82, 2.24) is 4.90 Å². The minimum atomic E-state index is -0.606. The van der Waals surface area contributed by atoms with Crippen LogP contribution in [0.1, 0.15) is 19.4 Å². The van der Waals surface area contributed by atoms with E-state index in [-0.39, 0.29) is 5.91 Å². The topological polar surface area (TPSA) is 63.2 Å². The van der Waals surface area contributed by atoms with Gasteiger partial charge in [0, 0.05) is 19.1 Å². The Morgan fingerprint density at radius 2 is 1.93 bits per heavy atom. The summed E-state index contributed by atoms with van der Waals surface area (Å²) in [4.78, 5) is 13.5. The first-order valence-electron chi connectivity index (χ1n) is 8.60. The van der Waals surface area contributed by atoms with Crippen molar-refractivity contribution in [2.75, 3.05) is 26.1 Å². The molecule has 27 heavy (non-hydrogen) atoms. The molecule has 1 N–H and O–H groups in total. The number of hydrogen-bond donors (Lipinski definition) is 1. The van der Waals surface area contributed by atoms with E-state index in [4.69, 9.17) is 21.1 Å². The summed E-state index contributed by atoms with van der Waals surface area (Å²) in [5.74, 6) is 0.962. The average Bonchev–Trinajstić information content (AvgIpc) is 2.64. The molecule has 7 heteroatoms. The first kappa shape index (κ1) is 20.6. The summed E-state index contributed by atoms with van der Waals surface area (Å²) in [6, 6.07) is 12.7. The zero-order chi connectivity index (χ0) is 19.8. The maximum atomic E-state index is 12.0. The summed E-state index contributed by atoms with van der Waals surface area (Å²) in [6.45, 7) is 4.08. The maximum Gasteiger partial charge on any atom is 0.262 e. The highest BCUT2D eigenvalue weighted by molar-refractivity contribution is 6.30. The Morgan fingerprint density at radius 3 is 2.56 bits per heavy atom. The molecule has 6 nitrogen and oxygen atoms in total. The van der Waals surface area contributed by atoms with Crippen LogP contribution in [0.25, 0.3) is 0 Å². The largest absolute Gasteiger partial charge is 0.490 e. The molecule has 0 fully saturated rings. The van der Waals surface area contributed by atoms with Crippen molar-refractivity contribution in [3.63, 3.8) is 0 Å². The van der Waals surface area contributed by atoms with Gasteiger partial charge in [-0.2, -0.15) is 5.10 Å². The molecular weight excluding hydrogens is 366 g/mol. The predicted molar refractivity (Wildman–Crippen MR) is 109 cm³/mol. The molecule has 0 radical (unpaired) electrons. The minimum absolute atomic E-state index is 0.116. The molecule has 2 aromatic rings. The molecule has 0 unspecified atom stereocenters. The molecule has 1 atom stereocenters. The number of carbonyl (C=O) groups is 1. The third kappa shape index (κ3) is 6.18. The smallest absolute Gasteiger partial charge is 0.262 e. The van der Waals surface area contributed by atoms with Gasteiger partial charge in [-0.25, -0.2) is 0 Å². The summed E-state index contributed by atoms with van der Waals surface area (Å²) in [5.41, 5.74) is 4.60. The van der Waals surface area contributed by atoms with Crippen molar-refractivity contribution >= 4 is 29.4 Å². The fraction of sp³-hybridized carbons (Fsp3) is 0.300. The lowest BCUT2D eigenvalue weighted by Gasteiger charge is -2.20. The molecular formula is C20H24ClN3O3. The van der Waals surface area contributed by atoms with Gasteiger partial charge in [0.2, 0.25) is 0 Å². The van der Waals surface area contributed by atoms with Crippen LogP contribution in [-0.2, 0) is 4.79 Å². The van der Waals surface area contributed by atoms with Gasteiger partial charge in [0.25, 0.3) is 5.91 Å². The third-order valence-corrected chi connectivity index (χ3v) is 3.86. The second kappa shape index (κ2) is 9.83. The Labute approximate surface area is 164 Å². The lowest BCUT2D eigenvalue weighted by atomic mass is 10.2. The van der Waals surface area contributed by atoms with Crippen LogP contribution >= 0.6 is 11.6 Å². The summed E-state index contributed by atoms with van der Waals surface area (Å²) in [5, 5.41) is 4.88.